The molecule has 2 aromatic carbocycles. The molecule has 1 amide bonds. The molecule has 0 heterocycles. The molecule has 0 aliphatic heterocycles. The van der Waals surface area contributed by atoms with Crippen molar-refractivity contribution in [2.45, 2.75) is 6.42 Å². The zero-order chi connectivity index (χ0) is 19.6. The van der Waals surface area contributed by atoms with Crippen molar-refractivity contribution in [3.8, 4) is 11.5 Å². The molecule has 0 atom stereocenters. The Kier molecular flexibility index (Phi) is 9.08. The lowest BCUT2D eigenvalue weighted by Gasteiger charge is -2.12. The number of nitrogens with one attached hydrogen (secondary N) is 1. The van der Waals surface area contributed by atoms with Gasteiger partial charge in [0.1, 0.15) is 16.8 Å². The molecule has 0 radical (unpaired) electrons. The summed E-state index contributed by atoms with van der Waals surface area (Å²) < 4.78 is 11.2. The standard InChI is InChI=1S/C19H17Cl4NO3/c20-15-11-14(26-10-7-17(22)23)12-16(21)18(15)27-9-4-8-24-19(25)13-5-2-1-3-6-13/h1-3,5-7,11-12H,4,8-10H2,(H,24,25). The second-order valence-electron chi connectivity index (χ2n) is 5.34. The SMILES string of the molecule is O=C(NCCCOc1c(Cl)cc(OCC=C(Cl)Cl)cc1Cl)c1ccccc1. The minimum Gasteiger partial charge on any atom is -0.490 e. The van der Waals surface area contributed by atoms with Gasteiger partial charge < -0.3 is 14.8 Å². The summed E-state index contributed by atoms with van der Waals surface area (Å²) in [5.74, 6) is 0.712. The number of hydrogen-bond acceptors (Lipinski definition) is 3. The highest BCUT2D eigenvalue weighted by atomic mass is 35.5. The lowest BCUT2D eigenvalue weighted by Crippen LogP contribution is -2.25. The van der Waals surface area contributed by atoms with E-state index in [2.05, 4.69) is 5.32 Å². The van der Waals surface area contributed by atoms with E-state index in [9.17, 15) is 4.79 Å². The van der Waals surface area contributed by atoms with Gasteiger partial charge in [-0.15, -0.1) is 0 Å². The summed E-state index contributed by atoms with van der Waals surface area (Å²) in [5.41, 5.74) is 0.616. The lowest BCUT2D eigenvalue weighted by molar-refractivity contribution is 0.0951. The van der Waals surface area contributed by atoms with Gasteiger partial charge in [0.15, 0.2) is 5.75 Å². The number of carbonyl (C=O) groups is 1. The van der Waals surface area contributed by atoms with E-state index >= 15 is 0 Å². The Morgan fingerprint density at radius 2 is 1.70 bits per heavy atom. The Morgan fingerprint density at radius 1 is 1.04 bits per heavy atom. The van der Waals surface area contributed by atoms with Gasteiger partial charge in [0.2, 0.25) is 0 Å². The molecule has 2 rings (SSSR count). The van der Waals surface area contributed by atoms with Crippen LogP contribution >= 0.6 is 46.4 Å². The van der Waals surface area contributed by atoms with Crippen LogP contribution in [0.1, 0.15) is 16.8 Å². The Hall–Kier alpha value is -1.59. The van der Waals surface area contributed by atoms with Crippen LogP contribution in [-0.4, -0.2) is 25.7 Å². The summed E-state index contributed by atoms with van der Waals surface area (Å²) in [5, 5.41) is 3.48. The molecule has 0 spiro atoms. The van der Waals surface area contributed by atoms with Crippen LogP contribution in [0.3, 0.4) is 0 Å². The van der Waals surface area contributed by atoms with Gasteiger partial charge in [0, 0.05) is 24.2 Å². The highest BCUT2D eigenvalue weighted by Gasteiger charge is 2.11. The quantitative estimate of drug-likeness (QED) is 0.486. The van der Waals surface area contributed by atoms with Crippen molar-refractivity contribution >= 4 is 52.3 Å². The number of ether oxygens (including phenoxy) is 2. The van der Waals surface area contributed by atoms with E-state index in [1.165, 1.54) is 6.08 Å². The summed E-state index contributed by atoms with van der Waals surface area (Å²) in [7, 11) is 0. The second-order valence-corrected chi connectivity index (χ2v) is 7.17. The van der Waals surface area contributed by atoms with Crippen molar-refractivity contribution in [3.63, 3.8) is 0 Å². The summed E-state index contributed by atoms with van der Waals surface area (Å²) in [6.45, 7) is 1.01. The van der Waals surface area contributed by atoms with E-state index in [0.29, 0.717) is 46.7 Å². The molecule has 27 heavy (non-hydrogen) atoms. The molecule has 1 N–H and O–H groups in total. The minimum atomic E-state index is -0.126. The number of rotatable bonds is 9. The molecule has 0 saturated carbocycles. The van der Waals surface area contributed by atoms with Crippen LogP contribution < -0.4 is 14.8 Å². The number of benzene rings is 2. The molecule has 144 valence electrons. The van der Waals surface area contributed by atoms with Gasteiger partial charge in [-0.25, -0.2) is 0 Å². The smallest absolute Gasteiger partial charge is 0.251 e. The summed E-state index contributed by atoms with van der Waals surface area (Å²) >= 11 is 23.4. The molecule has 0 saturated heterocycles. The molecule has 8 heteroatoms. The molecule has 0 aliphatic carbocycles. The number of hydrogen-bond donors (Lipinski definition) is 1. The Balaban J connectivity index is 1.78. The molecule has 2 aromatic rings. The van der Waals surface area contributed by atoms with Crippen LogP contribution in [-0.2, 0) is 0 Å². The topological polar surface area (TPSA) is 47.6 Å². The van der Waals surface area contributed by atoms with Crippen molar-refractivity contribution < 1.29 is 14.3 Å². The monoisotopic (exact) mass is 447 g/mol. The maximum Gasteiger partial charge on any atom is 0.251 e. The van der Waals surface area contributed by atoms with E-state index in [4.69, 9.17) is 55.9 Å². The van der Waals surface area contributed by atoms with Crippen molar-refractivity contribution in [2.75, 3.05) is 19.8 Å². The first-order valence-corrected chi connectivity index (χ1v) is 9.57. The van der Waals surface area contributed by atoms with E-state index in [0.717, 1.165) is 0 Å². The van der Waals surface area contributed by atoms with E-state index in [-0.39, 0.29) is 17.0 Å². The number of amides is 1. The lowest BCUT2D eigenvalue weighted by atomic mass is 10.2. The first-order chi connectivity index (χ1) is 13.0. The van der Waals surface area contributed by atoms with Crippen LogP contribution in [0, 0.1) is 0 Å². The van der Waals surface area contributed by atoms with Gasteiger partial charge in [-0.3, -0.25) is 4.79 Å². The Morgan fingerprint density at radius 3 is 2.33 bits per heavy atom. The molecule has 0 fully saturated rings. The van der Waals surface area contributed by atoms with Crippen LogP contribution in [0.2, 0.25) is 10.0 Å². The fourth-order valence-corrected chi connectivity index (χ4v) is 2.80. The average Bonchev–Trinajstić information content (AvgIpc) is 2.63. The molecule has 0 bridgehead atoms. The summed E-state index contributed by atoms with van der Waals surface area (Å²) in [6, 6.07) is 12.2. The van der Waals surface area contributed by atoms with Gasteiger partial charge in [0.25, 0.3) is 5.91 Å². The average molecular weight is 449 g/mol. The first-order valence-electron chi connectivity index (χ1n) is 8.06. The molecule has 0 aliphatic rings. The fourth-order valence-electron chi connectivity index (χ4n) is 2.10. The molecule has 0 aromatic heterocycles. The minimum absolute atomic E-state index is 0.117. The van der Waals surface area contributed by atoms with Crippen molar-refractivity contribution in [2.24, 2.45) is 0 Å². The van der Waals surface area contributed by atoms with Gasteiger partial charge in [-0.05, 0) is 24.6 Å². The summed E-state index contributed by atoms with van der Waals surface area (Å²) in [4.78, 5) is 11.9. The van der Waals surface area contributed by atoms with Crippen LogP contribution in [0.15, 0.2) is 53.0 Å². The maximum atomic E-state index is 11.9. The Bertz CT molecular complexity index is 770. The van der Waals surface area contributed by atoms with Crippen LogP contribution in [0.5, 0.6) is 11.5 Å². The van der Waals surface area contributed by atoms with Crippen molar-refractivity contribution in [1.82, 2.24) is 5.32 Å². The van der Waals surface area contributed by atoms with Crippen molar-refractivity contribution in [1.29, 1.82) is 0 Å². The fraction of sp³-hybridized carbons (Fsp3) is 0.211. The zero-order valence-corrected chi connectivity index (χ0v) is 17.2. The van der Waals surface area contributed by atoms with Gasteiger partial charge in [0.05, 0.1) is 16.7 Å². The van der Waals surface area contributed by atoms with E-state index in [1.807, 2.05) is 18.2 Å². The third kappa shape index (κ3) is 7.51. The van der Waals surface area contributed by atoms with Crippen LogP contribution in [0.25, 0.3) is 0 Å². The molecule has 4 nitrogen and oxygen atoms in total. The zero-order valence-electron chi connectivity index (χ0n) is 14.2. The first kappa shape index (κ1) is 21.7. The molecular weight excluding hydrogens is 432 g/mol. The predicted octanol–water partition coefficient (Wildman–Crippen LogP) is 5.89. The van der Waals surface area contributed by atoms with E-state index in [1.54, 1.807) is 24.3 Å². The van der Waals surface area contributed by atoms with Gasteiger partial charge in [-0.1, -0.05) is 64.6 Å². The third-order valence-corrected chi connectivity index (χ3v) is 4.22. The van der Waals surface area contributed by atoms with Gasteiger partial charge in [-0.2, -0.15) is 0 Å². The largest absolute Gasteiger partial charge is 0.490 e. The molecule has 0 unspecified atom stereocenters. The van der Waals surface area contributed by atoms with Crippen molar-refractivity contribution in [3.05, 3.63) is 68.6 Å². The number of carbonyl (C=O) groups excluding carboxylic acids is 1. The normalized spacial score (nSPS) is 10.2. The third-order valence-electron chi connectivity index (χ3n) is 3.35. The summed E-state index contributed by atoms with van der Waals surface area (Å²) in [6.07, 6.45) is 2.10. The highest BCUT2D eigenvalue weighted by Crippen LogP contribution is 2.37. The second kappa shape index (κ2) is 11.3. The molecular formula is C19H17Cl4NO3. The Labute approximate surface area is 178 Å². The highest BCUT2D eigenvalue weighted by molar-refractivity contribution is 6.55. The van der Waals surface area contributed by atoms with E-state index < -0.39 is 0 Å². The van der Waals surface area contributed by atoms with Crippen LogP contribution in [0.4, 0.5) is 0 Å². The van der Waals surface area contributed by atoms with Gasteiger partial charge >= 0.3 is 0 Å². The number of halogens is 4. The predicted molar refractivity (Wildman–Crippen MR) is 111 cm³/mol. The maximum absolute atomic E-state index is 11.9.